The Morgan fingerprint density at radius 1 is 1.04 bits per heavy atom. The molecule has 54 heavy (non-hydrogen) atoms. The van der Waals surface area contributed by atoms with Crippen molar-refractivity contribution in [2.45, 2.75) is 29.7 Å². The number of H-pyrrole nitrogens is 1. The molecule has 284 valence electrons. The number of hydrogen-bond donors (Lipinski definition) is 6. The van der Waals surface area contributed by atoms with Crippen molar-refractivity contribution in [1.82, 2.24) is 40.6 Å². The molecule has 0 aliphatic carbocycles. The van der Waals surface area contributed by atoms with Crippen LogP contribution in [-0.4, -0.2) is 96.4 Å². The molecule has 2 amide bonds. The molecule has 0 spiro atoms. The molecule has 4 aromatic rings. The molecule has 1 saturated heterocycles. The second kappa shape index (κ2) is 19.2. The molecule has 2 aliphatic heterocycles. The number of hydrogen-bond acceptors (Lipinski definition) is 15. The van der Waals surface area contributed by atoms with Gasteiger partial charge < -0.3 is 31.6 Å². The number of β-lactam (4-membered cyclic amide) rings is 1. The summed E-state index contributed by atoms with van der Waals surface area (Å²) in [5.74, 6) is -2.30. The van der Waals surface area contributed by atoms with Gasteiger partial charge >= 0.3 is 17.1 Å². The number of thioether (sulfide) groups is 2. The monoisotopic (exact) mass is 794 g/mol. The predicted molar refractivity (Wildman–Crippen MR) is 207 cm³/mol. The zero-order valence-electron chi connectivity index (χ0n) is 29.2. The number of carboxylic acid groups (broad SMARTS) is 1. The highest BCUT2D eigenvalue weighted by Crippen LogP contribution is 2.41. The highest BCUT2D eigenvalue weighted by Gasteiger charge is 2.54. The van der Waals surface area contributed by atoms with E-state index in [4.69, 9.17) is 10.6 Å². The molecule has 0 bridgehead atoms. The molecule has 1 fully saturated rings. The highest BCUT2D eigenvalue weighted by molar-refractivity contribution is 8.01. The highest BCUT2D eigenvalue weighted by atomic mass is 32.2. The van der Waals surface area contributed by atoms with Crippen molar-refractivity contribution >= 4 is 63.5 Å². The van der Waals surface area contributed by atoms with Gasteiger partial charge in [0.05, 0.1) is 0 Å². The Kier molecular flexibility index (Phi) is 14.2. The van der Waals surface area contributed by atoms with Crippen LogP contribution in [0.4, 0.5) is 5.13 Å². The Morgan fingerprint density at radius 2 is 1.67 bits per heavy atom. The third-order valence-corrected chi connectivity index (χ3v) is 11.0. The number of fused-ring (bicyclic) bond motifs is 1. The summed E-state index contributed by atoms with van der Waals surface area (Å²) in [6.07, 6.45) is 0. The number of carboxylic acids is 1. The van der Waals surface area contributed by atoms with Crippen LogP contribution in [0.1, 0.15) is 16.8 Å². The second-order valence-corrected chi connectivity index (χ2v) is 14.6. The molecule has 17 nitrogen and oxygen atoms in total. The molecule has 20 heteroatoms. The number of aromatic nitrogens is 4. The summed E-state index contributed by atoms with van der Waals surface area (Å²) < 4.78 is 1.25. The standard InChI is InChI=1S/C18H18N8O7S3.C16H20N2/c1-25-18(22-12(28)13(29)23-25)36-4-6-3-34-15-9(14(30)26(15)10(6)16(31)32)21-11(27)8(24-33-2)7-5-35-17(19)20-7;1-3-7-15(8-4-1)13-17-11-12-18-14-16-9-5-2-6-10-16/h5,9,15H,3-4H2,1-2H3,(H2,19,20)(H,21,27)(H,23,29)(H,31,32);1-10,17-18H,11-14H2/b24-8-;/t9-,15-;/m1./s1. The number of rotatable bonds is 15. The van der Waals surface area contributed by atoms with Gasteiger partial charge in [-0.3, -0.25) is 33.9 Å². The number of nitrogens with two attached hydrogens (primary N) is 1. The van der Waals surface area contributed by atoms with Gasteiger partial charge in [0.15, 0.2) is 16.0 Å². The van der Waals surface area contributed by atoms with E-state index in [0.29, 0.717) is 5.57 Å². The number of thiazole rings is 1. The summed E-state index contributed by atoms with van der Waals surface area (Å²) in [6.45, 7) is 3.85. The summed E-state index contributed by atoms with van der Waals surface area (Å²) in [7, 11) is 2.74. The first-order valence-corrected chi connectivity index (χ1v) is 19.3. The molecule has 4 heterocycles. The SMILES string of the molecule is CO/N=C(\C(=O)N[C@@H]1C(=O)N2C(C(=O)O)=C(CSc3nc(=O)c(=O)[nH]n3C)CS[C@H]12)c1csc(N)n1.c1ccc(CNCCNCc2ccccc2)cc1. The van der Waals surface area contributed by atoms with Gasteiger partial charge in [-0.15, -0.1) is 23.1 Å². The summed E-state index contributed by atoms with van der Waals surface area (Å²) in [5.41, 5.74) is 6.67. The van der Waals surface area contributed by atoms with E-state index in [0.717, 1.165) is 54.2 Å². The van der Waals surface area contributed by atoms with Crippen LogP contribution in [0, 0.1) is 0 Å². The second-order valence-electron chi connectivity index (χ2n) is 11.6. The normalized spacial score (nSPS) is 16.5. The minimum atomic E-state index is -1.31. The fraction of sp³-hybridized carbons (Fsp3) is 0.294. The van der Waals surface area contributed by atoms with Gasteiger partial charge in [0.25, 0.3) is 11.8 Å². The van der Waals surface area contributed by atoms with Crippen LogP contribution in [0.3, 0.4) is 0 Å². The lowest BCUT2D eigenvalue weighted by Crippen LogP contribution is -2.71. The Hall–Kier alpha value is -5.28. The van der Waals surface area contributed by atoms with Crippen molar-refractivity contribution in [2.24, 2.45) is 12.2 Å². The number of carbonyl (C=O) groups is 3. The summed E-state index contributed by atoms with van der Waals surface area (Å²) >= 11 is 3.41. The van der Waals surface area contributed by atoms with E-state index in [-0.39, 0.29) is 38.9 Å². The maximum atomic E-state index is 12.9. The van der Waals surface area contributed by atoms with Crippen LogP contribution in [0.2, 0.25) is 0 Å². The molecule has 2 aromatic heterocycles. The van der Waals surface area contributed by atoms with Gasteiger partial charge in [0.2, 0.25) is 0 Å². The summed E-state index contributed by atoms with van der Waals surface area (Å²) in [4.78, 5) is 74.3. The number of amides is 2. The lowest BCUT2D eigenvalue weighted by Gasteiger charge is -2.49. The lowest BCUT2D eigenvalue weighted by atomic mass is 10.0. The number of aryl methyl sites for hydroxylation is 1. The summed E-state index contributed by atoms with van der Waals surface area (Å²) in [6, 6.07) is 20.0. The number of nitrogen functional groups attached to an aromatic ring is 1. The van der Waals surface area contributed by atoms with E-state index in [9.17, 15) is 29.1 Å². The number of anilines is 1. The average molecular weight is 795 g/mol. The van der Waals surface area contributed by atoms with Gasteiger partial charge in [-0.05, 0) is 16.7 Å². The lowest BCUT2D eigenvalue weighted by molar-refractivity contribution is -0.150. The Labute approximate surface area is 321 Å². The van der Waals surface area contributed by atoms with E-state index in [1.807, 2.05) is 12.1 Å². The quantitative estimate of drug-likeness (QED) is 0.0246. The zero-order chi connectivity index (χ0) is 38.6. The maximum Gasteiger partial charge on any atom is 0.352 e. The van der Waals surface area contributed by atoms with E-state index in [1.165, 1.54) is 47.1 Å². The first kappa shape index (κ1) is 39.9. The third-order valence-electron chi connectivity index (χ3n) is 7.84. The van der Waals surface area contributed by atoms with Gasteiger partial charge in [-0.25, -0.2) is 9.78 Å². The van der Waals surface area contributed by atoms with Crippen molar-refractivity contribution in [1.29, 1.82) is 0 Å². The number of oxime groups is 1. The van der Waals surface area contributed by atoms with Crippen molar-refractivity contribution in [3.8, 4) is 0 Å². The first-order chi connectivity index (χ1) is 26.1. The zero-order valence-corrected chi connectivity index (χ0v) is 31.6. The Morgan fingerprint density at radius 3 is 2.22 bits per heavy atom. The number of nitrogens with one attached hydrogen (secondary N) is 4. The molecule has 6 rings (SSSR count). The molecule has 2 aliphatic rings. The fourth-order valence-electron chi connectivity index (χ4n) is 5.27. The molecular weight excluding hydrogens is 757 g/mol. The molecule has 2 aromatic carbocycles. The number of benzene rings is 2. The third kappa shape index (κ3) is 10.2. The smallest absolute Gasteiger partial charge is 0.352 e. The van der Waals surface area contributed by atoms with Gasteiger partial charge in [-0.2, -0.15) is 4.98 Å². The van der Waals surface area contributed by atoms with E-state index in [1.54, 1.807) is 0 Å². The topological polar surface area (TPSA) is 239 Å². The maximum absolute atomic E-state index is 12.9. The largest absolute Gasteiger partial charge is 0.477 e. The van der Waals surface area contributed by atoms with Crippen LogP contribution in [0.15, 0.2) is 97.2 Å². The first-order valence-electron chi connectivity index (χ1n) is 16.4. The Bertz CT molecular complexity index is 2080. The van der Waals surface area contributed by atoms with Crippen molar-refractivity contribution < 1.29 is 24.3 Å². The van der Waals surface area contributed by atoms with E-state index < -0.39 is 40.3 Å². The molecule has 0 radical (unpaired) electrons. The van der Waals surface area contributed by atoms with Crippen LogP contribution >= 0.6 is 34.9 Å². The van der Waals surface area contributed by atoms with Crippen molar-refractivity contribution in [3.63, 3.8) is 0 Å². The molecular formula is C34H38N10O7S3. The van der Waals surface area contributed by atoms with E-state index in [2.05, 4.69) is 84.7 Å². The predicted octanol–water partition coefficient (Wildman–Crippen LogP) is 0.955. The number of aromatic amines is 1. The van der Waals surface area contributed by atoms with Crippen LogP contribution < -0.4 is 32.8 Å². The van der Waals surface area contributed by atoms with Crippen molar-refractivity contribution in [3.05, 3.63) is 115 Å². The summed E-state index contributed by atoms with van der Waals surface area (Å²) in [5, 5.41) is 26.5. The molecule has 2 atom stereocenters. The Balaban J connectivity index is 0.000000260. The molecule has 0 saturated carbocycles. The van der Waals surface area contributed by atoms with Gasteiger partial charge in [-0.1, -0.05) is 77.6 Å². The fourth-order valence-corrected chi connectivity index (χ4v) is 8.22. The van der Waals surface area contributed by atoms with Gasteiger partial charge in [0.1, 0.15) is 29.9 Å². The number of nitrogens with zero attached hydrogens (tertiary/aromatic N) is 5. The van der Waals surface area contributed by atoms with Crippen LogP contribution in [0.25, 0.3) is 0 Å². The minimum absolute atomic E-state index is 0.102. The van der Waals surface area contributed by atoms with Crippen LogP contribution in [-0.2, 0) is 39.4 Å². The van der Waals surface area contributed by atoms with Gasteiger partial charge in [0, 0.05) is 50.1 Å². The number of aliphatic carboxylic acids is 1. The average Bonchev–Trinajstić information content (AvgIpc) is 3.61. The van der Waals surface area contributed by atoms with E-state index >= 15 is 0 Å². The van der Waals surface area contributed by atoms with Crippen molar-refractivity contribution in [2.75, 3.05) is 37.4 Å². The number of carbonyl (C=O) groups excluding carboxylic acids is 2. The molecule has 7 N–H and O–H groups in total. The van der Waals surface area contributed by atoms with Crippen LogP contribution in [0.5, 0.6) is 0 Å². The molecule has 0 unspecified atom stereocenters. The minimum Gasteiger partial charge on any atom is -0.477 e.